The minimum atomic E-state index is -3.52. The van der Waals surface area contributed by atoms with Gasteiger partial charge in [0.25, 0.3) is 5.56 Å². The number of piperidine rings is 1. The zero-order chi connectivity index (χ0) is 23.7. The van der Waals surface area contributed by atoms with E-state index in [9.17, 15) is 17.6 Å². The Balaban J connectivity index is 1.41. The van der Waals surface area contributed by atoms with Crippen molar-refractivity contribution >= 4 is 21.2 Å². The highest BCUT2D eigenvalue weighted by molar-refractivity contribution is 7.88. The Labute approximate surface area is 195 Å². The Morgan fingerprint density at radius 3 is 2.59 bits per heavy atom. The van der Waals surface area contributed by atoms with Crippen LogP contribution in [0.15, 0.2) is 59.4 Å². The minimum absolute atomic E-state index is 0.0715. The van der Waals surface area contributed by atoms with Crippen LogP contribution in [-0.2, 0) is 22.3 Å². The molecule has 176 valence electrons. The van der Waals surface area contributed by atoms with Crippen molar-refractivity contribution in [1.82, 2.24) is 29.3 Å². The maximum absolute atomic E-state index is 13.2. The average Bonchev–Trinajstić information content (AvgIpc) is 3.24. The summed E-state index contributed by atoms with van der Waals surface area (Å²) >= 11 is 0. The molecule has 1 aliphatic heterocycles. The zero-order valence-corrected chi connectivity index (χ0v) is 19.1. The van der Waals surface area contributed by atoms with E-state index in [1.54, 1.807) is 24.3 Å². The molecule has 1 N–H and O–H groups in total. The molecule has 3 heterocycles. The summed E-state index contributed by atoms with van der Waals surface area (Å²) in [6.07, 6.45) is 1.36. The van der Waals surface area contributed by atoms with Crippen LogP contribution in [0.2, 0.25) is 0 Å². The van der Waals surface area contributed by atoms with E-state index in [-0.39, 0.29) is 36.1 Å². The number of nitrogens with one attached hydrogen (secondary N) is 1. The van der Waals surface area contributed by atoms with Gasteiger partial charge in [-0.3, -0.25) is 4.79 Å². The van der Waals surface area contributed by atoms with E-state index in [2.05, 4.69) is 20.3 Å². The molecule has 9 nitrogen and oxygen atoms in total. The quantitative estimate of drug-likeness (QED) is 0.452. The molecule has 1 fully saturated rings. The van der Waals surface area contributed by atoms with E-state index in [4.69, 9.17) is 0 Å². The number of benzene rings is 2. The summed E-state index contributed by atoms with van der Waals surface area (Å²) < 4.78 is 42.3. The van der Waals surface area contributed by atoms with Gasteiger partial charge in [-0.25, -0.2) is 26.8 Å². The maximum atomic E-state index is 13.2. The normalized spacial score (nSPS) is 17.3. The molecule has 0 aliphatic carbocycles. The van der Waals surface area contributed by atoms with E-state index in [1.807, 2.05) is 18.2 Å². The fraction of sp³-hybridized carbons (Fsp3) is 0.304. The smallest absolute Gasteiger partial charge is 0.281 e. The third kappa shape index (κ3) is 4.62. The first-order valence-electron chi connectivity index (χ1n) is 11.0. The number of fused-ring (bicyclic) bond motifs is 1. The number of hydrogen-bond donors (Lipinski definition) is 1. The van der Waals surface area contributed by atoms with Crippen LogP contribution in [0.5, 0.6) is 0 Å². The van der Waals surface area contributed by atoms with Gasteiger partial charge in [0.15, 0.2) is 11.2 Å². The first kappa shape index (κ1) is 22.4. The molecule has 2 aromatic heterocycles. The Hall–Kier alpha value is -3.44. The molecule has 2 aromatic carbocycles. The highest BCUT2D eigenvalue weighted by Gasteiger charge is 2.31. The van der Waals surface area contributed by atoms with Crippen molar-refractivity contribution in [1.29, 1.82) is 0 Å². The first-order chi connectivity index (χ1) is 16.4. The molecule has 1 atom stereocenters. The Morgan fingerprint density at radius 2 is 1.82 bits per heavy atom. The number of sulfonamides is 1. The monoisotopic (exact) mass is 482 g/mol. The van der Waals surface area contributed by atoms with E-state index in [1.165, 1.54) is 21.1 Å². The molecular weight excluding hydrogens is 459 g/mol. The molecule has 1 aliphatic rings. The molecule has 0 bridgehead atoms. The molecule has 0 spiro atoms. The van der Waals surface area contributed by atoms with Crippen molar-refractivity contribution in [3.8, 4) is 0 Å². The van der Waals surface area contributed by atoms with E-state index in [0.29, 0.717) is 30.9 Å². The highest BCUT2D eigenvalue weighted by Crippen LogP contribution is 2.27. The number of halogens is 1. The second-order valence-electron chi connectivity index (χ2n) is 8.44. The van der Waals surface area contributed by atoms with Crippen LogP contribution in [0, 0.1) is 5.82 Å². The number of nitrogens with zero attached hydrogens (tertiary/aromatic N) is 5. The summed E-state index contributed by atoms with van der Waals surface area (Å²) in [4.78, 5) is 20.1. The lowest BCUT2D eigenvalue weighted by molar-refractivity contribution is 0.309. The summed E-state index contributed by atoms with van der Waals surface area (Å²) in [6.45, 7) is 0.945. The Kier molecular flexibility index (Phi) is 5.96. The molecule has 0 saturated carbocycles. The van der Waals surface area contributed by atoms with Crippen LogP contribution in [0.3, 0.4) is 0 Å². The van der Waals surface area contributed by atoms with Gasteiger partial charge in [-0.1, -0.05) is 47.7 Å². The van der Waals surface area contributed by atoms with Crippen LogP contribution < -0.4 is 5.56 Å². The summed E-state index contributed by atoms with van der Waals surface area (Å²) in [5.74, 6) is -0.254. The number of aromatic nitrogens is 5. The van der Waals surface area contributed by atoms with Gasteiger partial charge in [0.05, 0.1) is 12.3 Å². The van der Waals surface area contributed by atoms with Crippen molar-refractivity contribution in [2.45, 2.75) is 31.1 Å². The number of hydrogen-bond acceptors (Lipinski definition) is 6. The first-order valence-corrected chi connectivity index (χ1v) is 12.6. The van der Waals surface area contributed by atoms with Crippen molar-refractivity contribution < 1.29 is 12.8 Å². The van der Waals surface area contributed by atoms with Gasteiger partial charge in [0.1, 0.15) is 11.6 Å². The van der Waals surface area contributed by atoms with Gasteiger partial charge in [-0.15, -0.1) is 5.10 Å². The Bertz CT molecular complexity index is 1470. The van der Waals surface area contributed by atoms with Crippen LogP contribution in [0.4, 0.5) is 4.39 Å². The van der Waals surface area contributed by atoms with E-state index >= 15 is 0 Å². The molecule has 0 amide bonds. The van der Waals surface area contributed by atoms with Crippen LogP contribution in [-0.4, -0.2) is 50.8 Å². The fourth-order valence-corrected chi connectivity index (χ4v) is 5.85. The molecule has 0 radical (unpaired) electrons. The third-order valence-electron chi connectivity index (χ3n) is 5.99. The van der Waals surface area contributed by atoms with Gasteiger partial charge < -0.3 is 4.98 Å². The lowest BCUT2D eigenvalue weighted by Gasteiger charge is -2.31. The predicted octanol–water partition coefficient (Wildman–Crippen LogP) is 2.41. The van der Waals surface area contributed by atoms with Crippen LogP contribution in [0.25, 0.3) is 11.2 Å². The van der Waals surface area contributed by atoms with Crippen LogP contribution in [0.1, 0.15) is 35.7 Å². The van der Waals surface area contributed by atoms with Crippen molar-refractivity contribution in [2.75, 3.05) is 13.1 Å². The van der Waals surface area contributed by atoms with Gasteiger partial charge in [-0.2, -0.15) is 0 Å². The van der Waals surface area contributed by atoms with Crippen molar-refractivity contribution in [3.63, 3.8) is 0 Å². The molecule has 0 unspecified atom stereocenters. The Morgan fingerprint density at radius 1 is 1.06 bits per heavy atom. The molecule has 1 saturated heterocycles. The molecule has 11 heteroatoms. The molecule has 5 rings (SSSR count). The molecule has 34 heavy (non-hydrogen) atoms. The fourth-order valence-electron chi connectivity index (χ4n) is 4.24. The van der Waals surface area contributed by atoms with E-state index < -0.39 is 15.6 Å². The summed E-state index contributed by atoms with van der Waals surface area (Å²) in [6, 6.07) is 15.0. The molecule has 4 aromatic rings. The minimum Gasteiger partial charge on any atom is -0.308 e. The van der Waals surface area contributed by atoms with Gasteiger partial charge in [-0.05, 0) is 36.1 Å². The zero-order valence-electron chi connectivity index (χ0n) is 18.3. The van der Waals surface area contributed by atoms with Crippen LogP contribution >= 0.6 is 0 Å². The average molecular weight is 483 g/mol. The second-order valence-corrected chi connectivity index (χ2v) is 10.4. The molecular formula is C23H23FN6O3S. The third-order valence-corrected chi connectivity index (χ3v) is 7.81. The number of aromatic amines is 1. The van der Waals surface area contributed by atoms with Gasteiger partial charge in [0, 0.05) is 19.0 Å². The van der Waals surface area contributed by atoms with Crippen molar-refractivity contribution in [3.05, 3.63) is 87.7 Å². The topological polar surface area (TPSA) is 114 Å². The maximum Gasteiger partial charge on any atom is 0.281 e. The van der Waals surface area contributed by atoms with Crippen molar-refractivity contribution in [2.24, 2.45) is 0 Å². The van der Waals surface area contributed by atoms with E-state index in [0.717, 1.165) is 11.1 Å². The predicted molar refractivity (Wildman–Crippen MR) is 124 cm³/mol. The van der Waals surface area contributed by atoms with Gasteiger partial charge in [0.2, 0.25) is 10.0 Å². The SMILES string of the molecule is O=c1[nH]c([C@H]2CCCN(S(=O)(=O)Cc3ccccc3)C2)nc2c1nnn2Cc1ccc(F)cc1. The standard InChI is InChI=1S/C23H23FN6O3S/c24-19-10-8-16(9-11-19)13-30-22-20(27-28-30)23(31)26-21(25-22)18-7-4-12-29(14-18)34(32,33)15-17-5-2-1-3-6-17/h1-3,5-6,8-11,18H,4,7,12-15H2,(H,25,26,31)/t18-/m0/s1. The number of rotatable bonds is 6. The largest absolute Gasteiger partial charge is 0.308 e. The summed E-state index contributed by atoms with van der Waals surface area (Å²) in [7, 11) is -3.52. The summed E-state index contributed by atoms with van der Waals surface area (Å²) in [5, 5.41) is 7.99. The summed E-state index contributed by atoms with van der Waals surface area (Å²) in [5.41, 5.74) is 1.51. The highest BCUT2D eigenvalue weighted by atomic mass is 32.2. The van der Waals surface area contributed by atoms with Gasteiger partial charge >= 0.3 is 0 Å². The second kappa shape index (κ2) is 9.07. The number of H-pyrrole nitrogens is 1. The lowest BCUT2D eigenvalue weighted by Crippen LogP contribution is -2.40. The lowest BCUT2D eigenvalue weighted by atomic mass is 9.99.